The lowest BCUT2D eigenvalue weighted by molar-refractivity contribution is 0.299. The maximum absolute atomic E-state index is 5.96. The Bertz CT molecular complexity index is 772. The molecule has 0 saturated heterocycles. The van der Waals surface area contributed by atoms with E-state index in [0.717, 1.165) is 22.2 Å². The maximum atomic E-state index is 5.96. The van der Waals surface area contributed by atoms with Gasteiger partial charge in [0.05, 0.1) is 7.11 Å². The van der Waals surface area contributed by atoms with Crippen molar-refractivity contribution in [3.63, 3.8) is 0 Å². The number of methoxy groups -OCH3 is 1. The number of para-hydroxylation sites is 1. The first-order valence-electron chi connectivity index (χ1n) is 6.67. The second-order valence-corrected chi connectivity index (χ2v) is 4.65. The Kier molecular flexibility index (Phi) is 3.60. The van der Waals surface area contributed by atoms with Crippen LogP contribution in [0.25, 0.3) is 10.9 Å². The van der Waals surface area contributed by atoms with E-state index in [9.17, 15) is 0 Å². The number of nitrogens with zero attached hydrogens (tertiary/aromatic N) is 1. The zero-order valence-corrected chi connectivity index (χ0v) is 11.7. The van der Waals surface area contributed by atoms with Gasteiger partial charge in [-0.2, -0.15) is 0 Å². The van der Waals surface area contributed by atoms with E-state index in [1.807, 2.05) is 48.5 Å². The average molecular weight is 280 g/mol. The first kappa shape index (κ1) is 13.2. The lowest BCUT2D eigenvalue weighted by Gasteiger charge is -2.12. The van der Waals surface area contributed by atoms with Crippen LogP contribution in [0.4, 0.5) is 5.69 Å². The smallest absolute Gasteiger partial charge is 0.146 e. The number of hydrogen-bond acceptors (Lipinski definition) is 4. The van der Waals surface area contributed by atoms with Crippen LogP contribution < -0.4 is 15.2 Å². The van der Waals surface area contributed by atoms with E-state index in [4.69, 9.17) is 15.2 Å². The predicted molar refractivity (Wildman–Crippen MR) is 83.5 cm³/mol. The number of aromatic nitrogens is 1. The number of ether oxygens (including phenoxy) is 2. The second-order valence-electron chi connectivity index (χ2n) is 4.65. The molecule has 3 aromatic rings. The fourth-order valence-corrected chi connectivity index (χ4v) is 2.26. The molecule has 0 bridgehead atoms. The van der Waals surface area contributed by atoms with Crippen molar-refractivity contribution in [2.24, 2.45) is 0 Å². The fraction of sp³-hybridized carbons (Fsp3) is 0.118. The van der Waals surface area contributed by atoms with Gasteiger partial charge in [-0.25, -0.2) is 0 Å². The van der Waals surface area contributed by atoms with Gasteiger partial charge in [-0.15, -0.1) is 0 Å². The molecule has 4 heteroatoms. The summed E-state index contributed by atoms with van der Waals surface area (Å²) >= 11 is 0. The Morgan fingerprint density at radius 2 is 1.86 bits per heavy atom. The molecule has 1 aromatic heterocycles. The summed E-state index contributed by atoms with van der Waals surface area (Å²) in [7, 11) is 1.65. The minimum atomic E-state index is 0.416. The lowest BCUT2D eigenvalue weighted by Crippen LogP contribution is -2.00. The minimum Gasteiger partial charge on any atom is -0.496 e. The lowest BCUT2D eigenvalue weighted by atomic mass is 10.1. The summed E-state index contributed by atoms with van der Waals surface area (Å²) in [6, 6.07) is 15.3. The van der Waals surface area contributed by atoms with Crippen molar-refractivity contribution in [3.8, 4) is 11.5 Å². The number of nitrogen functional groups attached to an aromatic ring is 1. The first-order chi connectivity index (χ1) is 10.3. The van der Waals surface area contributed by atoms with Gasteiger partial charge in [0.25, 0.3) is 0 Å². The maximum Gasteiger partial charge on any atom is 0.146 e. The molecule has 1 heterocycles. The molecular weight excluding hydrogens is 264 g/mol. The molecule has 0 radical (unpaired) electrons. The van der Waals surface area contributed by atoms with Crippen molar-refractivity contribution in [3.05, 3.63) is 60.3 Å². The molecule has 0 aliphatic rings. The van der Waals surface area contributed by atoms with Crippen LogP contribution in [0.5, 0.6) is 11.5 Å². The molecule has 0 aliphatic heterocycles. The zero-order chi connectivity index (χ0) is 14.7. The number of pyridine rings is 1. The van der Waals surface area contributed by atoms with Crippen LogP contribution in [0.1, 0.15) is 5.56 Å². The molecule has 2 N–H and O–H groups in total. The predicted octanol–water partition coefficient (Wildman–Crippen LogP) is 3.40. The molecule has 0 fully saturated rings. The summed E-state index contributed by atoms with van der Waals surface area (Å²) in [5.74, 6) is 1.52. The number of anilines is 1. The van der Waals surface area contributed by atoms with Crippen molar-refractivity contribution in [2.45, 2.75) is 6.61 Å². The van der Waals surface area contributed by atoms with Gasteiger partial charge in [-0.05, 0) is 30.3 Å². The number of fused-ring (bicyclic) bond motifs is 1. The van der Waals surface area contributed by atoms with Crippen molar-refractivity contribution in [1.29, 1.82) is 0 Å². The van der Waals surface area contributed by atoms with Gasteiger partial charge in [-0.3, -0.25) is 4.98 Å². The largest absolute Gasteiger partial charge is 0.496 e. The topological polar surface area (TPSA) is 57.4 Å². The molecule has 0 amide bonds. The third-order valence-electron chi connectivity index (χ3n) is 3.34. The molecule has 0 spiro atoms. The van der Waals surface area contributed by atoms with Crippen molar-refractivity contribution >= 4 is 16.6 Å². The molecular formula is C17H16N2O2. The van der Waals surface area contributed by atoms with Crippen molar-refractivity contribution in [1.82, 2.24) is 4.98 Å². The van der Waals surface area contributed by atoms with Gasteiger partial charge < -0.3 is 15.2 Å². The van der Waals surface area contributed by atoms with E-state index < -0.39 is 0 Å². The van der Waals surface area contributed by atoms with Gasteiger partial charge in [0, 0.05) is 22.8 Å². The van der Waals surface area contributed by atoms with Crippen molar-refractivity contribution in [2.75, 3.05) is 12.8 Å². The minimum absolute atomic E-state index is 0.416. The highest BCUT2D eigenvalue weighted by Gasteiger charge is 2.08. The number of nitrogens with two attached hydrogens (primary N) is 1. The van der Waals surface area contributed by atoms with Gasteiger partial charge >= 0.3 is 0 Å². The Labute approximate surface area is 123 Å². The number of rotatable bonds is 4. The third-order valence-corrected chi connectivity index (χ3v) is 3.34. The van der Waals surface area contributed by atoms with Gasteiger partial charge in [0.2, 0.25) is 0 Å². The summed E-state index contributed by atoms with van der Waals surface area (Å²) in [6.07, 6.45) is 1.73. The van der Waals surface area contributed by atoms with Crippen LogP contribution in [-0.4, -0.2) is 12.1 Å². The second kappa shape index (κ2) is 5.71. The van der Waals surface area contributed by atoms with E-state index in [1.54, 1.807) is 13.3 Å². The molecule has 3 rings (SSSR count). The molecule has 21 heavy (non-hydrogen) atoms. The molecule has 0 atom stereocenters. The van der Waals surface area contributed by atoms with E-state index in [1.165, 1.54) is 0 Å². The van der Waals surface area contributed by atoms with E-state index in [-0.39, 0.29) is 0 Å². The quantitative estimate of drug-likeness (QED) is 0.744. The van der Waals surface area contributed by atoms with Crippen LogP contribution in [0, 0.1) is 0 Å². The highest BCUT2D eigenvalue weighted by Crippen LogP contribution is 2.29. The summed E-state index contributed by atoms with van der Waals surface area (Å²) < 4.78 is 11.2. The fourth-order valence-electron chi connectivity index (χ4n) is 2.26. The Hall–Kier alpha value is -2.75. The van der Waals surface area contributed by atoms with Gasteiger partial charge in [-0.1, -0.05) is 18.2 Å². The SMILES string of the molecule is COc1ccccc1COc1ccc(N)c2cccnc12. The molecule has 0 saturated carbocycles. The average Bonchev–Trinajstić information content (AvgIpc) is 2.55. The molecule has 4 nitrogen and oxygen atoms in total. The first-order valence-corrected chi connectivity index (χ1v) is 6.67. The monoisotopic (exact) mass is 280 g/mol. The third kappa shape index (κ3) is 2.60. The standard InChI is InChI=1S/C17H16N2O2/c1-20-15-7-3-2-5-12(15)11-21-16-9-8-14(18)13-6-4-10-19-17(13)16/h2-10H,11,18H2,1H3. The summed E-state index contributed by atoms with van der Waals surface area (Å²) in [4.78, 5) is 4.36. The van der Waals surface area contributed by atoms with E-state index >= 15 is 0 Å². The Morgan fingerprint density at radius 3 is 2.71 bits per heavy atom. The number of benzene rings is 2. The molecule has 106 valence electrons. The highest BCUT2D eigenvalue weighted by molar-refractivity contribution is 5.94. The van der Waals surface area contributed by atoms with Crippen LogP contribution in [-0.2, 0) is 6.61 Å². The van der Waals surface area contributed by atoms with Crippen LogP contribution >= 0.6 is 0 Å². The van der Waals surface area contributed by atoms with Crippen LogP contribution in [0.2, 0.25) is 0 Å². The molecule has 2 aromatic carbocycles. The van der Waals surface area contributed by atoms with Crippen molar-refractivity contribution < 1.29 is 9.47 Å². The normalized spacial score (nSPS) is 10.5. The highest BCUT2D eigenvalue weighted by atomic mass is 16.5. The number of hydrogen-bond donors (Lipinski definition) is 1. The Balaban J connectivity index is 1.91. The van der Waals surface area contributed by atoms with Crippen LogP contribution in [0.15, 0.2) is 54.7 Å². The van der Waals surface area contributed by atoms with E-state index in [0.29, 0.717) is 18.0 Å². The van der Waals surface area contributed by atoms with Crippen LogP contribution in [0.3, 0.4) is 0 Å². The van der Waals surface area contributed by atoms with E-state index in [2.05, 4.69) is 4.98 Å². The Morgan fingerprint density at radius 1 is 1.00 bits per heavy atom. The summed E-state index contributed by atoms with van der Waals surface area (Å²) in [5.41, 5.74) is 8.42. The van der Waals surface area contributed by atoms with Gasteiger partial charge in [0.1, 0.15) is 23.6 Å². The summed E-state index contributed by atoms with van der Waals surface area (Å²) in [5, 5.41) is 0.898. The zero-order valence-electron chi connectivity index (χ0n) is 11.7. The van der Waals surface area contributed by atoms with Gasteiger partial charge in [0.15, 0.2) is 0 Å². The molecule has 0 aliphatic carbocycles. The molecule has 0 unspecified atom stereocenters. The summed E-state index contributed by atoms with van der Waals surface area (Å²) in [6.45, 7) is 0.416.